The van der Waals surface area contributed by atoms with Crippen LogP contribution >= 0.6 is 0 Å². The van der Waals surface area contributed by atoms with E-state index in [4.69, 9.17) is 9.47 Å². The molecule has 6 aromatic rings. The van der Waals surface area contributed by atoms with Crippen LogP contribution in [0.5, 0.6) is 0 Å². The molecule has 11 heteroatoms. The first-order valence-corrected chi connectivity index (χ1v) is 17.4. The number of aryl methyl sites for hydroxylation is 1. The summed E-state index contributed by atoms with van der Waals surface area (Å²) >= 11 is 0. The van der Waals surface area contributed by atoms with Crippen molar-refractivity contribution < 1.29 is 33.4 Å². The number of nitrogens with zero attached hydrogens (tertiary/aromatic N) is 1. The zero-order valence-electron chi connectivity index (χ0n) is 28.5. The predicted molar refractivity (Wildman–Crippen MR) is 196 cm³/mol. The number of carbonyl (C=O) groups is 5. The normalized spacial score (nSPS) is 20.1. The number of nitrogens with one attached hydrogen (secondary N) is 3. The van der Waals surface area contributed by atoms with Crippen molar-refractivity contribution in [3.63, 3.8) is 0 Å². The van der Waals surface area contributed by atoms with E-state index >= 15 is 0 Å². The smallest absolute Gasteiger partial charge is 0.338 e. The average molecular weight is 705 g/mol. The molecule has 0 bridgehead atoms. The average Bonchev–Trinajstić information content (AvgIpc) is 3.87. The molecule has 262 valence electrons. The molecule has 3 aliphatic heterocycles. The maximum Gasteiger partial charge on any atom is 0.338 e. The van der Waals surface area contributed by atoms with Crippen LogP contribution in [0.25, 0.3) is 33.0 Å². The van der Waals surface area contributed by atoms with E-state index in [-0.39, 0.29) is 30.5 Å². The lowest BCUT2D eigenvalue weighted by atomic mass is 9.89. The number of H-pyrrole nitrogens is 2. The molecule has 0 radical (unpaired) electrons. The number of imide groups is 2. The highest BCUT2D eigenvalue weighted by molar-refractivity contribution is 6.51. The third-order valence-corrected chi connectivity index (χ3v) is 10.3. The third-order valence-electron chi connectivity index (χ3n) is 10.3. The molecule has 9 rings (SSSR count). The Hall–Kier alpha value is -6.59. The SMILES string of the molecule is Cc1[nH]c2ccccc2c1C1=C(c2c([C@@H]3C[C@H](OC(=O)c4ccccc4)C[C@@H](CN4C(=O)c5ccccc5C4=O)O3)[nH]c3ccccc23)C(=O)NC1=O. The summed E-state index contributed by atoms with van der Waals surface area (Å²) in [7, 11) is 0. The number of rotatable bonds is 7. The Morgan fingerprint density at radius 1 is 0.717 bits per heavy atom. The molecule has 0 spiro atoms. The number of para-hydroxylation sites is 2. The fourth-order valence-electron chi connectivity index (χ4n) is 7.98. The number of carbonyl (C=O) groups excluding carboxylic acids is 5. The summed E-state index contributed by atoms with van der Waals surface area (Å²) in [6.45, 7) is 1.78. The van der Waals surface area contributed by atoms with Crippen molar-refractivity contribution in [2.24, 2.45) is 0 Å². The van der Waals surface area contributed by atoms with Crippen LogP contribution in [0.3, 0.4) is 0 Å². The van der Waals surface area contributed by atoms with Gasteiger partial charge in [-0.3, -0.25) is 29.4 Å². The van der Waals surface area contributed by atoms with Crippen LogP contribution in [0.1, 0.15) is 72.5 Å². The van der Waals surface area contributed by atoms with Crippen molar-refractivity contribution in [2.75, 3.05) is 6.54 Å². The number of ether oxygens (including phenoxy) is 2. The van der Waals surface area contributed by atoms with E-state index < -0.39 is 47.9 Å². The zero-order chi connectivity index (χ0) is 36.4. The number of benzene rings is 4. The number of fused-ring (bicyclic) bond motifs is 3. The predicted octanol–water partition coefficient (Wildman–Crippen LogP) is 6.27. The summed E-state index contributed by atoms with van der Waals surface area (Å²) < 4.78 is 12.8. The first-order valence-electron chi connectivity index (χ1n) is 17.4. The Balaban J connectivity index is 1.16. The summed E-state index contributed by atoms with van der Waals surface area (Å²) in [6, 6.07) is 30.4. The largest absolute Gasteiger partial charge is 0.459 e. The van der Waals surface area contributed by atoms with Gasteiger partial charge >= 0.3 is 5.97 Å². The van der Waals surface area contributed by atoms with Crippen LogP contribution in [0.15, 0.2) is 103 Å². The highest BCUT2D eigenvalue weighted by atomic mass is 16.6. The van der Waals surface area contributed by atoms with Gasteiger partial charge in [0.05, 0.1) is 46.2 Å². The monoisotopic (exact) mass is 704 g/mol. The second kappa shape index (κ2) is 12.6. The molecular weight excluding hydrogens is 672 g/mol. The summed E-state index contributed by atoms with van der Waals surface area (Å²) in [4.78, 5) is 75.9. The van der Waals surface area contributed by atoms with Gasteiger partial charge in [-0.1, -0.05) is 66.7 Å². The van der Waals surface area contributed by atoms with Crippen molar-refractivity contribution in [3.8, 4) is 0 Å². The molecule has 3 N–H and O–H groups in total. The van der Waals surface area contributed by atoms with Gasteiger partial charge in [0.2, 0.25) is 0 Å². The number of hydrogen-bond donors (Lipinski definition) is 3. The molecule has 1 fully saturated rings. The molecule has 0 saturated carbocycles. The van der Waals surface area contributed by atoms with Crippen molar-refractivity contribution >= 4 is 62.6 Å². The highest BCUT2D eigenvalue weighted by Crippen LogP contribution is 2.45. The Morgan fingerprint density at radius 3 is 1.96 bits per heavy atom. The Labute approximate surface area is 302 Å². The molecule has 3 atom stereocenters. The minimum atomic E-state index is -0.804. The molecule has 5 heterocycles. The zero-order valence-corrected chi connectivity index (χ0v) is 28.5. The standard InChI is InChI=1S/C42H32N4O7/c1-22-33(28-15-7-9-17-30(28)43-22)35-36(39(48)45-38(35)47)34-29-16-8-10-18-31(29)44-37(34)32-20-24(53-42(51)23-11-3-2-4-12-23)19-25(52-32)21-46-40(49)26-13-5-6-14-27(26)41(46)50/h2-18,24-25,32,43-44H,19-21H2,1H3,(H,45,47,48)/t24-,25+,32+/m1/s1. The molecule has 2 aromatic heterocycles. The van der Waals surface area contributed by atoms with Crippen molar-refractivity contribution in [1.82, 2.24) is 20.2 Å². The summed E-state index contributed by atoms with van der Waals surface area (Å²) in [6.07, 6.45) is -1.83. The molecule has 3 aliphatic rings. The molecule has 4 amide bonds. The summed E-state index contributed by atoms with van der Waals surface area (Å²) in [5.74, 6) is -2.44. The van der Waals surface area contributed by atoms with Gasteiger partial charge in [0.1, 0.15) is 12.2 Å². The molecular formula is C42H32N4O7. The second-order valence-electron chi connectivity index (χ2n) is 13.5. The Bertz CT molecular complexity index is 2530. The van der Waals surface area contributed by atoms with Crippen LogP contribution in [0, 0.1) is 6.92 Å². The number of aromatic amines is 2. The fraction of sp³-hybridized carbons (Fsp3) is 0.167. The van der Waals surface area contributed by atoms with Crippen LogP contribution < -0.4 is 5.32 Å². The lowest BCUT2D eigenvalue weighted by Gasteiger charge is -2.36. The lowest BCUT2D eigenvalue weighted by molar-refractivity contribution is -0.122. The maximum atomic E-state index is 14.0. The van der Waals surface area contributed by atoms with E-state index in [1.54, 1.807) is 54.6 Å². The number of esters is 1. The van der Waals surface area contributed by atoms with Gasteiger partial charge < -0.3 is 19.4 Å². The molecule has 11 nitrogen and oxygen atoms in total. The van der Waals surface area contributed by atoms with E-state index in [2.05, 4.69) is 15.3 Å². The Kier molecular flexibility index (Phi) is 7.67. The topological polar surface area (TPSA) is 151 Å². The van der Waals surface area contributed by atoms with Crippen molar-refractivity contribution in [1.29, 1.82) is 0 Å². The van der Waals surface area contributed by atoms with E-state index in [0.717, 1.165) is 16.6 Å². The van der Waals surface area contributed by atoms with Gasteiger partial charge in [-0.2, -0.15) is 0 Å². The highest BCUT2D eigenvalue weighted by Gasteiger charge is 2.43. The Morgan fingerprint density at radius 2 is 1.28 bits per heavy atom. The minimum Gasteiger partial charge on any atom is -0.459 e. The van der Waals surface area contributed by atoms with Crippen LogP contribution in [0.2, 0.25) is 0 Å². The lowest BCUT2D eigenvalue weighted by Crippen LogP contribution is -2.43. The maximum absolute atomic E-state index is 14.0. The number of amides is 4. The fourth-order valence-corrected chi connectivity index (χ4v) is 7.98. The molecule has 0 unspecified atom stereocenters. The van der Waals surface area contributed by atoms with Gasteiger partial charge in [-0.15, -0.1) is 0 Å². The van der Waals surface area contributed by atoms with Crippen molar-refractivity contribution in [2.45, 2.75) is 38.1 Å². The number of hydrogen-bond acceptors (Lipinski definition) is 7. The molecule has 53 heavy (non-hydrogen) atoms. The van der Waals surface area contributed by atoms with Gasteiger partial charge in [0.25, 0.3) is 23.6 Å². The van der Waals surface area contributed by atoms with Crippen LogP contribution in [-0.4, -0.2) is 63.2 Å². The number of aromatic nitrogens is 2. The van der Waals surface area contributed by atoms with Gasteiger partial charge in [-0.25, -0.2) is 4.79 Å². The van der Waals surface area contributed by atoms with E-state index in [0.29, 0.717) is 44.4 Å². The van der Waals surface area contributed by atoms with E-state index in [9.17, 15) is 24.0 Å². The quantitative estimate of drug-likeness (QED) is 0.131. The molecule has 0 aliphatic carbocycles. The van der Waals surface area contributed by atoms with Crippen LogP contribution in [0.4, 0.5) is 0 Å². The summed E-state index contributed by atoms with van der Waals surface area (Å²) in [5.41, 5.74) is 5.33. The molecule has 4 aromatic carbocycles. The van der Waals surface area contributed by atoms with E-state index in [1.165, 1.54) is 4.90 Å². The third kappa shape index (κ3) is 5.36. The summed E-state index contributed by atoms with van der Waals surface area (Å²) in [5, 5.41) is 4.03. The second-order valence-corrected chi connectivity index (χ2v) is 13.5. The van der Waals surface area contributed by atoms with Gasteiger partial charge in [-0.05, 0) is 43.3 Å². The minimum absolute atomic E-state index is 0.0841. The van der Waals surface area contributed by atoms with Gasteiger partial charge in [0, 0.05) is 51.5 Å². The molecule has 1 saturated heterocycles. The first-order chi connectivity index (χ1) is 25.8. The van der Waals surface area contributed by atoms with E-state index in [1.807, 2.05) is 55.5 Å². The van der Waals surface area contributed by atoms with Crippen molar-refractivity contribution in [3.05, 3.63) is 142 Å². The first kappa shape index (κ1) is 32.3. The van der Waals surface area contributed by atoms with Crippen LogP contribution in [-0.2, 0) is 19.1 Å². The van der Waals surface area contributed by atoms with Gasteiger partial charge in [0.15, 0.2) is 0 Å².